The summed E-state index contributed by atoms with van der Waals surface area (Å²) < 4.78 is 0. The quantitative estimate of drug-likeness (QED) is 0.440. The van der Waals surface area contributed by atoms with Crippen LogP contribution in [-0.4, -0.2) is 5.75 Å². The lowest BCUT2D eigenvalue weighted by Crippen LogP contribution is -1.77. The van der Waals surface area contributed by atoms with E-state index in [1.807, 2.05) is 0 Å². The van der Waals surface area contributed by atoms with Gasteiger partial charge in [-0.3, -0.25) is 0 Å². The standard InChI is InChI=1S/C7H14S/c1-3-7(2)5-4-6-8/h3,8H,4-6H2,1-2H3/b7-3-. The van der Waals surface area contributed by atoms with Crippen molar-refractivity contribution in [2.24, 2.45) is 0 Å². The summed E-state index contributed by atoms with van der Waals surface area (Å²) in [7, 11) is 0. The molecule has 0 aliphatic carbocycles. The highest BCUT2D eigenvalue weighted by Crippen LogP contribution is 2.02. The molecule has 0 atom stereocenters. The maximum Gasteiger partial charge on any atom is -0.00949 e. The summed E-state index contributed by atoms with van der Waals surface area (Å²) >= 11 is 4.11. The van der Waals surface area contributed by atoms with Crippen molar-refractivity contribution >= 4 is 12.6 Å². The van der Waals surface area contributed by atoms with Crippen LogP contribution in [-0.2, 0) is 0 Å². The van der Waals surface area contributed by atoms with Crippen molar-refractivity contribution in [1.29, 1.82) is 0 Å². The van der Waals surface area contributed by atoms with Crippen LogP contribution in [0.4, 0.5) is 0 Å². The first-order valence-corrected chi connectivity index (χ1v) is 3.67. The predicted molar refractivity (Wildman–Crippen MR) is 42.5 cm³/mol. The highest BCUT2D eigenvalue weighted by molar-refractivity contribution is 7.80. The Bertz CT molecular complexity index is 74.5. The Kier molecular flexibility index (Phi) is 5.29. The SMILES string of the molecule is C/C=C(/C)CCCS. The highest BCUT2D eigenvalue weighted by atomic mass is 32.1. The number of allylic oxidation sites excluding steroid dienone is 2. The molecule has 0 aromatic heterocycles. The Hall–Kier alpha value is 0.0900. The van der Waals surface area contributed by atoms with Crippen molar-refractivity contribution < 1.29 is 0 Å². The molecule has 0 bridgehead atoms. The van der Waals surface area contributed by atoms with Crippen molar-refractivity contribution in [2.45, 2.75) is 26.7 Å². The lowest BCUT2D eigenvalue weighted by molar-refractivity contribution is 0.916. The van der Waals surface area contributed by atoms with Crippen LogP contribution >= 0.6 is 12.6 Å². The van der Waals surface area contributed by atoms with Crippen molar-refractivity contribution in [3.8, 4) is 0 Å². The summed E-state index contributed by atoms with van der Waals surface area (Å²) in [5, 5.41) is 0. The van der Waals surface area contributed by atoms with Crippen LogP contribution in [0.25, 0.3) is 0 Å². The van der Waals surface area contributed by atoms with Gasteiger partial charge in [0.1, 0.15) is 0 Å². The third-order valence-corrected chi connectivity index (χ3v) is 1.54. The molecule has 0 unspecified atom stereocenters. The molecule has 0 fully saturated rings. The molecule has 0 aliphatic heterocycles. The molecule has 0 N–H and O–H groups in total. The van der Waals surface area contributed by atoms with E-state index in [0.29, 0.717) is 0 Å². The van der Waals surface area contributed by atoms with Crippen LogP contribution < -0.4 is 0 Å². The molecular formula is C7H14S. The van der Waals surface area contributed by atoms with E-state index in [0.717, 1.165) is 5.75 Å². The first-order chi connectivity index (χ1) is 3.81. The molecule has 0 saturated heterocycles. The van der Waals surface area contributed by atoms with Gasteiger partial charge in [0.15, 0.2) is 0 Å². The fraction of sp³-hybridized carbons (Fsp3) is 0.714. The molecule has 0 aromatic carbocycles. The van der Waals surface area contributed by atoms with Gasteiger partial charge in [-0.1, -0.05) is 11.6 Å². The van der Waals surface area contributed by atoms with Crippen LogP contribution in [0.3, 0.4) is 0 Å². The summed E-state index contributed by atoms with van der Waals surface area (Å²) in [6.07, 6.45) is 4.57. The molecule has 0 spiro atoms. The summed E-state index contributed by atoms with van der Waals surface area (Å²) in [6, 6.07) is 0. The Morgan fingerprint density at radius 1 is 1.62 bits per heavy atom. The van der Waals surface area contributed by atoms with E-state index in [-0.39, 0.29) is 0 Å². The molecule has 1 heteroatoms. The number of rotatable bonds is 3. The van der Waals surface area contributed by atoms with Crippen molar-refractivity contribution in [3.63, 3.8) is 0 Å². The van der Waals surface area contributed by atoms with Gasteiger partial charge in [-0.15, -0.1) is 0 Å². The lowest BCUT2D eigenvalue weighted by atomic mass is 10.2. The molecule has 0 saturated carbocycles. The first-order valence-electron chi connectivity index (χ1n) is 3.04. The third kappa shape index (κ3) is 4.25. The maximum absolute atomic E-state index is 4.11. The van der Waals surface area contributed by atoms with Crippen molar-refractivity contribution in [2.75, 3.05) is 5.75 Å². The van der Waals surface area contributed by atoms with E-state index in [2.05, 4.69) is 32.6 Å². The summed E-state index contributed by atoms with van der Waals surface area (Å²) in [5.74, 6) is 1.01. The second kappa shape index (κ2) is 5.23. The number of thiol groups is 1. The third-order valence-electron chi connectivity index (χ3n) is 1.22. The van der Waals surface area contributed by atoms with Crippen LogP contribution in [0.2, 0.25) is 0 Å². The van der Waals surface area contributed by atoms with Gasteiger partial charge in [0, 0.05) is 0 Å². The second-order valence-corrected chi connectivity index (χ2v) is 2.41. The number of hydrogen-bond donors (Lipinski definition) is 1. The van der Waals surface area contributed by atoms with Crippen molar-refractivity contribution in [3.05, 3.63) is 11.6 Å². The van der Waals surface area contributed by atoms with Gasteiger partial charge in [-0.2, -0.15) is 12.6 Å². The minimum Gasteiger partial charge on any atom is -0.179 e. The van der Waals surface area contributed by atoms with Gasteiger partial charge < -0.3 is 0 Å². The lowest BCUT2D eigenvalue weighted by Gasteiger charge is -1.94. The molecule has 0 rings (SSSR count). The summed E-state index contributed by atoms with van der Waals surface area (Å²) in [5.41, 5.74) is 1.47. The van der Waals surface area contributed by atoms with Gasteiger partial charge in [-0.05, 0) is 32.4 Å². The summed E-state index contributed by atoms with van der Waals surface area (Å²) in [6.45, 7) is 4.23. The highest BCUT2D eigenvalue weighted by Gasteiger charge is 1.84. The van der Waals surface area contributed by atoms with Crippen LogP contribution in [0, 0.1) is 0 Å². The largest absolute Gasteiger partial charge is 0.179 e. The van der Waals surface area contributed by atoms with E-state index in [1.165, 1.54) is 18.4 Å². The Morgan fingerprint density at radius 3 is 2.62 bits per heavy atom. The number of hydrogen-bond acceptors (Lipinski definition) is 1. The van der Waals surface area contributed by atoms with Crippen LogP contribution in [0.5, 0.6) is 0 Å². The zero-order chi connectivity index (χ0) is 6.41. The van der Waals surface area contributed by atoms with E-state index >= 15 is 0 Å². The Balaban J connectivity index is 3.12. The molecule has 0 aromatic rings. The molecule has 0 amide bonds. The average molecular weight is 130 g/mol. The van der Waals surface area contributed by atoms with E-state index in [4.69, 9.17) is 0 Å². The molecule has 0 aliphatic rings. The van der Waals surface area contributed by atoms with Gasteiger partial charge in [0.25, 0.3) is 0 Å². The van der Waals surface area contributed by atoms with Gasteiger partial charge >= 0.3 is 0 Å². The molecule has 0 radical (unpaired) electrons. The smallest absolute Gasteiger partial charge is 0.00949 e. The minimum absolute atomic E-state index is 1.01. The van der Waals surface area contributed by atoms with E-state index in [1.54, 1.807) is 0 Å². The van der Waals surface area contributed by atoms with Gasteiger partial charge in [-0.25, -0.2) is 0 Å². The average Bonchev–Trinajstić information content (AvgIpc) is 1.83. The maximum atomic E-state index is 4.11. The first kappa shape index (κ1) is 8.09. The van der Waals surface area contributed by atoms with E-state index < -0.39 is 0 Å². The molecular weight excluding hydrogens is 116 g/mol. The normalized spacial score (nSPS) is 12.1. The molecule has 48 valence electrons. The Morgan fingerprint density at radius 2 is 2.25 bits per heavy atom. The van der Waals surface area contributed by atoms with Crippen molar-refractivity contribution in [1.82, 2.24) is 0 Å². The zero-order valence-electron chi connectivity index (χ0n) is 5.65. The molecule has 8 heavy (non-hydrogen) atoms. The summed E-state index contributed by atoms with van der Waals surface area (Å²) in [4.78, 5) is 0. The topological polar surface area (TPSA) is 0 Å². The van der Waals surface area contributed by atoms with Gasteiger partial charge in [0.2, 0.25) is 0 Å². The minimum atomic E-state index is 1.01. The predicted octanol–water partition coefficient (Wildman–Crippen LogP) is 2.66. The van der Waals surface area contributed by atoms with Crippen LogP contribution in [0.1, 0.15) is 26.7 Å². The molecule has 0 nitrogen and oxygen atoms in total. The van der Waals surface area contributed by atoms with Gasteiger partial charge in [0.05, 0.1) is 0 Å². The Labute approximate surface area is 57.4 Å². The fourth-order valence-electron chi connectivity index (χ4n) is 0.502. The van der Waals surface area contributed by atoms with E-state index in [9.17, 15) is 0 Å². The monoisotopic (exact) mass is 130 g/mol. The fourth-order valence-corrected chi connectivity index (χ4v) is 0.660. The molecule has 0 heterocycles. The van der Waals surface area contributed by atoms with Crippen LogP contribution in [0.15, 0.2) is 11.6 Å². The zero-order valence-corrected chi connectivity index (χ0v) is 6.54. The second-order valence-electron chi connectivity index (χ2n) is 1.96.